The predicted octanol–water partition coefficient (Wildman–Crippen LogP) is 3.87. The number of ether oxygens (including phenoxy) is 3. The van der Waals surface area contributed by atoms with Crippen LogP contribution in [0.2, 0.25) is 0 Å². The fraction of sp³-hybridized carbons (Fsp3) is 0.600. The minimum atomic E-state index is -0.549. The Bertz CT molecular complexity index is 713. The van der Waals surface area contributed by atoms with Gasteiger partial charge in [-0.15, -0.1) is 0 Å². The summed E-state index contributed by atoms with van der Waals surface area (Å²) in [5.41, 5.74) is -0.0491. The van der Waals surface area contributed by atoms with Crippen molar-refractivity contribution < 1.29 is 23.8 Å². The molecule has 6 heteroatoms. The Labute approximate surface area is 154 Å². The molecule has 2 aliphatic carbocycles. The van der Waals surface area contributed by atoms with Gasteiger partial charge in [-0.1, -0.05) is 6.07 Å². The number of hydrogen-bond donors (Lipinski definition) is 0. The van der Waals surface area contributed by atoms with Crippen LogP contribution in [0.25, 0.3) is 0 Å². The van der Waals surface area contributed by atoms with Gasteiger partial charge in [0.15, 0.2) is 11.5 Å². The van der Waals surface area contributed by atoms with Gasteiger partial charge in [-0.3, -0.25) is 4.79 Å². The van der Waals surface area contributed by atoms with Crippen LogP contribution in [0.1, 0.15) is 52.0 Å². The quantitative estimate of drug-likeness (QED) is 0.588. The topological polar surface area (TPSA) is 65.1 Å². The van der Waals surface area contributed by atoms with Crippen molar-refractivity contribution in [1.82, 2.24) is 4.90 Å². The molecule has 0 spiro atoms. The molecule has 0 saturated heterocycles. The van der Waals surface area contributed by atoms with Crippen LogP contribution in [0.5, 0.6) is 11.5 Å². The number of hydrogen-bond acceptors (Lipinski definition) is 5. The highest BCUT2D eigenvalue weighted by molar-refractivity contribution is 5.78. The third-order valence-electron chi connectivity index (χ3n) is 4.86. The molecule has 0 unspecified atom stereocenters. The SMILES string of the molecule is COc1ccc(C2(N(C)C(=O)OC(C)(C)C)CC2)cc1OC(=O)C1CC1. The van der Waals surface area contributed by atoms with Crippen LogP contribution >= 0.6 is 0 Å². The van der Waals surface area contributed by atoms with Gasteiger partial charge in [0, 0.05) is 7.05 Å². The number of esters is 1. The fourth-order valence-electron chi connectivity index (χ4n) is 3.00. The van der Waals surface area contributed by atoms with Crippen LogP contribution in [-0.2, 0) is 15.1 Å². The molecular formula is C20H27NO5. The summed E-state index contributed by atoms with van der Waals surface area (Å²) in [6.45, 7) is 5.55. The molecule has 2 fully saturated rings. The molecule has 0 heterocycles. The van der Waals surface area contributed by atoms with Crippen LogP contribution in [0, 0.1) is 5.92 Å². The molecule has 0 N–H and O–H groups in total. The van der Waals surface area contributed by atoms with Crippen LogP contribution in [0.3, 0.4) is 0 Å². The first-order chi connectivity index (χ1) is 12.2. The molecule has 1 aromatic carbocycles. The summed E-state index contributed by atoms with van der Waals surface area (Å²) in [7, 11) is 3.30. The lowest BCUT2D eigenvalue weighted by atomic mass is 10.0. The van der Waals surface area contributed by atoms with Crippen molar-refractivity contribution in [1.29, 1.82) is 0 Å². The van der Waals surface area contributed by atoms with Crippen molar-refractivity contribution in [3.05, 3.63) is 23.8 Å². The molecule has 2 saturated carbocycles. The zero-order valence-corrected chi connectivity index (χ0v) is 16.1. The highest BCUT2D eigenvalue weighted by Gasteiger charge is 2.51. The lowest BCUT2D eigenvalue weighted by Gasteiger charge is -2.31. The average molecular weight is 361 g/mol. The summed E-state index contributed by atoms with van der Waals surface area (Å²) >= 11 is 0. The molecule has 2 aliphatic rings. The summed E-state index contributed by atoms with van der Waals surface area (Å²) < 4.78 is 16.4. The van der Waals surface area contributed by atoms with E-state index in [0.29, 0.717) is 11.5 Å². The van der Waals surface area contributed by atoms with Crippen molar-refractivity contribution >= 4 is 12.1 Å². The summed E-state index contributed by atoms with van der Waals surface area (Å²) in [6.07, 6.45) is 3.08. The Morgan fingerprint density at radius 3 is 2.31 bits per heavy atom. The first-order valence-electron chi connectivity index (χ1n) is 9.03. The van der Waals surface area contributed by atoms with E-state index in [2.05, 4.69) is 0 Å². The minimum Gasteiger partial charge on any atom is -0.493 e. The van der Waals surface area contributed by atoms with Crippen LogP contribution in [-0.4, -0.2) is 36.7 Å². The van der Waals surface area contributed by atoms with Crippen LogP contribution in [0.4, 0.5) is 4.79 Å². The highest BCUT2D eigenvalue weighted by Crippen LogP contribution is 2.52. The van der Waals surface area contributed by atoms with Crippen LogP contribution < -0.4 is 9.47 Å². The Kier molecular flexibility index (Phi) is 4.63. The second-order valence-electron chi connectivity index (χ2n) is 8.13. The molecule has 0 aromatic heterocycles. The minimum absolute atomic E-state index is 0.00249. The van der Waals surface area contributed by atoms with E-state index in [1.54, 1.807) is 25.1 Å². The smallest absolute Gasteiger partial charge is 0.410 e. The number of nitrogens with zero attached hydrogens (tertiary/aromatic N) is 1. The number of benzene rings is 1. The molecule has 0 aliphatic heterocycles. The number of carbonyl (C=O) groups excluding carboxylic acids is 2. The van der Waals surface area contributed by atoms with Gasteiger partial charge in [0.25, 0.3) is 0 Å². The molecule has 1 amide bonds. The van der Waals surface area contributed by atoms with Gasteiger partial charge in [0.1, 0.15) is 5.60 Å². The number of carbonyl (C=O) groups is 2. The van der Waals surface area contributed by atoms with E-state index < -0.39 is 11.1 Å². The van der Waals surface area contributed by atoms with Crippen molar-refractivity contribution in [2.75, 3.05) is 14.2 Å². The number of rotatable bonds is 5. The average Bonchev–Trinajstić information content (AvgIpc) is 3.46. The first kappa shape index (κ1) is 18.5. The van der Waals surface area contributed by atoms with Crippen molar-refractivity contribution in [2.45, 2.75) is 57.6 Å². The van der Waals surface area contributed by atoms with Crippen molar-refractivity contribution in [3.63, 3.8) is 0 Å². The summed E-state index contributed by atoms with van der Waals surface area (Å²) in [5, 5.41) is 0. The van der Waals surface area contributed by atoms with Gasteiger partial charge in [-0.05, 0) is 64.2 Å². The second-order valence-corrected chi connectivity index (χ2v) is 8.13. The largest absolute Gasteiger partial charge is 0.493 e. The van der Waals surface area contributed by atoms with E-state index in [4.69, 9.17) is 14.2 Å². The Balaban J connectivity index is 1.83. The molecule has 1 aromatic rings. The normalized spacial score (nSPS) is 18.0. The third-order valence-corrected chi connectivity index (χ3v) is 4.86. The lowest BCUT2D eigenvalue weighted by Crippen LogP contribution is -2.40. The number of amides is 1. The van der Waals surface area contributed by atoms with Gasteiger partial charge in [0.05, 0.1) is 18.6 Å². The molecule has 0 bridgehead atoms. The highest BCUT2D eigenvalue weighted by atomic mass is 16.6. The van der Waals surface area contributed by atoms with Crippen LogP contribution in [0.15, 0.2) is 18.2 Å². The van der Waals surface area contributed by atoms with E-state index in [1.807, 2.05) is 32.9 Å². The summed E-state index contributed by atoms with van der Waals surface area (Å²) in [5.74, 6) is 0.706. The lowest BCUT2D eigenvalue weighted by molar-refractivity contribution is -0.135. The zero-order chi connectivity index (χ0) is 19.1. The molecule has 0 atom stereocenters. The standard InChI is InChI=1S/C20H27NO5/c1-19(2,3)26-18(23)21(4)20(10-11-20)14-8-9-15(24-5)16(12-14)25-17(22)13-6-7-13/h8-9,12-13H,6-7,10-11H2,1-5H3. The van der Waals surface area contributed by atoms with E-state index >= 15 is 0 Å². The van der Waals surface area contributed by atoms with E-state index in [1.165, 1.54) is 0 Å². The summed E-state index contributed by atoms with van der Waals surface area (Å²) in [6, 6.07) is 5.52. The maximum atomic E-state index is 12.5. The maximum absolute atomic E-state index is 12.5. The molecule has 0 radical (unpaired) electrons. The summed E-state index contributed by atoms with van der Waals surface area (Å²) in [4.78, 5) is 26.2. The Hall–Kier alpha value is -2.24. The van der Waals surface area contributed by atoms with Gasteiger partial charge in [0.2, 0.25) is 0 Å². The second kappa shape index (κ2) is 6.49. The Morgan fingerprint density at radius 2 is 1.81 bits per heavy atom. The van der Waals surface area contributed by atoms with Crippen molar-refractivity contribution in [3.8, 4) is 11.5 Å². The number of methoxy groups -OCH3 is 1. The van der Waals surface area contributed by atoms with Gasteiger partial charge < -0.3 is 19.1 Å². The van der Waals surface area contributed by atoms with E-state index in [0.717, 1.165) is 31.2 Å². The molecule has 6 nitrogen and oxygen atoms in total. The van der Waals surface area contributed by atoms with Crippen molar-refractivity contribution in [2.24, 2.45) is 5.92 Å². The third kappa shape index (κ3) is 3.79. The first-order valence-corrected chi connectivity index (χ1v) is 9.03. The van der Waals surface area contributed by atoms with Gasteiger partial charge in [-0.2, -0.15) is 0 Å². The van der Waals surface area contributed by atoms with E-state index in [-0.39, 0.29) is 18.0 Å². The Morgan fingerprint density at radius 1 is 1.15 bits per heavy atom. The molecule has 3 rings (SSSR count). The zero-order valence-electron chi connectivity index (χ0n) is 16.1. The maximum Gasteiger partial charge on any atom is 0.410 e. The molecular weight excluding hydrogens is 334 g/mol. The van der Waals surface area contributed by atoms with Gasteiger partial charge in [-0.25, -0.2) is 4.79 Å². The van der Waals surface area contributed by atoms with E-state index in [9.17, 15) is 9.59 Å². The monoisotopic (exact) mass is 361 g/mol. The molecule has 142 valence electrons. The fourth-order valence-corrected chi connectivity index (χ4v) is 3.00. The molecule has 26 heavy (non-hydrogen) atoms. The van der Waals surface area contributed by atoms with Gasteiger partial charge >= 0.3 is 12.1 Å². The predicted molar refractivity (Wildman–Crippen MR) is 96.3 cm³/mol.